The molecule has 0 saturated carbocycles. The van der Waals surface area contributed by atoms with Crippen molar-refractivity contribution in [3.8, 4) is 0 Å². The van der Waals surface area contributed by atoms with E-state index in [0.717, 1.165) is 11.1 Å². The predicted octanol–water partition coefficient (Wildman–Crippen LogP) is 3.96. The Morgan fingerprint density at radius 3 is 2.45 bits per heavy atom. The van der Waals surface area contributed by atoms with E-state index in [9.17, 15) is 14.4 Å². The lowest BCUT2D eigenvalue weighted by Crippen LogP contribution is -2.51. The largest absolute Gasteiger partial charge is 0.453 e. The van der Waals surface area contributed by atoms with Gasteiger partial charge in [0.15, 0.2) is 0 Å². The molecule has 1 aliphatic heterocycles. The zero-order valence-corrected chi connectivity index (χ0v) is 20.0. The van der Waals surface area contributed by atoms with Gasteiger partial charge in [-0.2, -0.15) is 0 Å². The summed E-state index contributed by atoms with van der Waals surface area (Å²) in [7, 11) is 2.85. The number of likely N-dealkylation sites (tertiary alicyclic amines) is 1. The number of methoxy groups -OCH3 is 1. The van der Waals surface area contributed by atoms with Crippen molar-refractivity contribution in [3.05, 3.63) is 58.4 Å². The molecule has 0 radical (unpaired) electrons. The quantitative estimate of drug-likeness (QED) is 0.641. The average Bonchev–Trinajstić information content (AvgIpc) is 2.84. The number of carbonyl (C=O) groups is 3. The Labute approximate surface area is 198 Å². The third-order valence-corrected chi connectivity index (χ3v) is 6.38. The molecule has 1 aliphatic rings. The van der Waals surface area contributed by atoms with Gasteiger partial charge in [0.05, 0.1) is 30.0 Å². The molecule has 2 N–H and O–H groups in total. The number of amides is 3. The molecule has 0 spiro atoms. The Balaban J connectivity index is 2.04. The fraction of sp³-hybridized carbons (Fsp3) is 0.417. The van der Waals surface area contributed by atoms with Crippen molar-refractivity contribution in [1.82, 2.24) is 15.2 Å². The van der Waals surface area contributed by atoms with Gasteiger partial charge < -0.3 is 20.3 Å². The Bertz CT molecular complexity index is 1050. The van der Waals surface area contributed by atoms with Gasteiger partial charge in [-0.25, -0.2) is 9.78 Å². The lowest BCUT2D eigenvalue weighted by atomic mass is 9.69. The number of hydrogen-bond acceptors (Lipinski definition) is 5. The molecule has 0 aliphatic carbocycles. The first-order valence-corrected chi connectivity index (χ1v) is 11.2. The minimum atomic E-state index is -0.898. The van der Waals surface area contributed by atoms with Crippen LogP contribution in [0.1, 0.15) is 54.1 Å². The molecule has 2 aromatic rings. The van der Waals surface area contributed by atoms with Crippen LogP contribution < -0.4 is 10.6 Å². The predicted molar refractivity (Wildman–Crippen MR) is 127 cm³/mol. The highest BCUT2D eigenvalue weighted by Gasteiger charge is 2.45. The second-order valence-corrected chi connectivity index (χ2v) is 8.75. The maximum absolute atomic E-state index is 13.9. The van der Waals surface area contributed by atoms with Gasteiger partial charge in [0.25, 0.3) is 5.91 Å². The van der Waals surface area contributed by atoms with E-state index in [4.69, 9.17) is 16.3 Å². The van der Waals surface area contributed by atoms with E-state index in [2.05, 4.69) is 29.5 Å². The van der Waals surface area contributed by atoms with Crippen molar-refractivity contribution in [2.45, 2.75) is 38.0 Å². The van der Waals surface area contributed by atoms with Crippen molar-refractivity contribution in [2.75, 3.05) is 32.6 Å². The SMILES string of the molecule is CNC(=O)c1cc(Cl)ncc1NC(=O)C1(c2ccccc2C(C)C)CCN(C(=O)OC)CC1. The molecular formula is C24H29ClN4O4. The van der Waals surface area contributed by atoms with Crippen LogP contribution in [0.15, 0.2) is 36.5 Å². The van der Waals surface area contributed by atoms with Crippen LogP contribution in [0.3, 0.4) is 0 Å². The van der Waals surface area contributed by atoms with Crippen LogP contribution in [0.5, 0.6) is 0 Å². The summed E-state index contributed by atoms with van der Waals surface area (Å²) in [5.41, 5.74) is 1.60. The number of halogens is 1. The summed E-state index contributed by atoms with van der Waals surface area (Å²) in [6.07, 6.45) is 1.79. The number of nitrogens with zero attached hydrogens (tertiary/aromatic N) is 2. The number of hydrogen-bond donors (Lipinski definition) is 2. The van der Waals surface area contributed by atoms with Gasteiger partial charge in [-0.15, -0.1) is 0 Å². The number of nitrogens with one attached hydrogen (secondary N) is 2. The number of rotatable bonds is 5. The second kappa shape index (κ2) is 10.2. The highest BCUT2D eigenvalue weighted by atomic mass is 35.5. The van der Waals surface area contributed by atoms with Crippen LogP contribution >= 0.6 is 11.6 Å². The maximum Gasteiger partial charge on any atom is 0.409 e. The van der Waals surface area contributed by atoms with Crippen LogP contribution in [-0.4, -0.2) is 55.0 Å². The van der Waals surface area contributed by atoms with Crippen LogP contribution in [-0.2, 0) is 14.9 Å². The minimum absolute atomic E-state index is 0.151. The fourth-order valence-electron chi connectivity index (χ4n) is 4.35. The smallest absolute Gasteiger partial charge is 0.409 e. The molecule has 1 aromatic carbocycles. The topological polar surface area (TPSA) is 101 Å². The number of carbonyl (C=O) groups excluding carboxylic acids is 3. The van der Waals surface area contributed by atoms with Gasteiger partial charge >= 0.3 is 6.09 Å². The number of piperidine rings is 1. The molecule has 0 atom stereocenters. The van der Waals surface area contributed by atoms with Gasteiger partial charge in [0, 0.05) is 20.1 Å². The van der Waals surface area contributed by atoms with Gasteiger partial charge in [0.1, 0.15) is 5.15 Å². The number of aromatic nitrogens is 1. The summed E-state index contributed by atoms with van der Waals surface area (Å²) in [4.78, 5) is 44.0. The van der Waals surface area contributed by atoms with Crippen molar-refractivity contribution in [2.24, 2.45) is 0 Å². The maximum atomic E-state index is 13.9. The van der Waals surface area contributed by atoms with E-state index in [1.54, 1.807) is 4.90 Å². The molecule has 8 nitrogen and oxygen atoms in total. The zero-order chi connectivity index (χ0) is 24.2. The highest BCUT2D eigenvalue weighted by Crippen LogP contribution is 2.41. The first-order chi connectivity index (χ1) is 15.7. The summed E-state index contributed by atoms with van der Waals surface area (Å²) in [5.74, 6) is -0.440. The minimum Gasteiger partial charge on any atom is -0.453 e. The third-order valence-electron chi connectivity index (χ3n) is 6.17. The molecule has 3 amide bonds. The van der Waals surface area contributed by atoms with Gasteiger partial charge in [-0.3, -0.25) is 9.59 Å². The van der Waals surface area contributed by atoms with E-state index in [0.29, 0.717) is 25.9 Å². The third kappa shape index (κ3) is 4.95. The normalized spacial score (nSPS) is 15.2. The van der Waals surface area contributed by atoms with Crippen LogP contribution in [0, 0.1) is 0 Å². The Morgan fingerprint density at radius 2 is 1.85 bits per heavy atom. The summed E-state index contributed by atoms with van der Waals surface area (Å²) in [5, 5.41) is 5.64. The number of ether oxygens (including phenoxy) is 1. The summed E-state index contributed by atoms with van der Waals surface area (Å²) < 4.78 is 4.87. The lowest BCUT2D eigenvalue weighted by molar-refractivity contribution is -0.123. The van der Waals surface area contributed by atoms with Gasteiger partial charge in [-0.1, -0.05) is 49.7 Å². The monoisotopic (exact) mass is 472 g/mol. The van der Waals surface area contributed by atoms with Crippen molar-refractivity contribution in [1.29, 1.82) is 0 Å². The second-order valence-electron chi connectivity index (χ2n) is 8.37. The van der Waals surface area contributed by atoms with Crippen LogP contribution in [0.2, 0.25) is 5.15 Å². The Kier molecular flexibility index (Phi) is 7.58. The summed E-state index contributed by atoms with van der Waals surface area (Å²) in [6.45, 7) is 4.91. The number of benzene rings is 1. The molecule has 9 heteroatoms. The Morgan fingerprint density at radius 1 is 1.18 bits per heavy atom. The van der Waals surface area contributed by atoms with E-state index in [1.165, 1.54) is 26.4 Å². The molecule has 176 valence electrons. The first kappa shape index (κ1) is 24.5. The summed E-state index contributed by atoms with van der Waals surface area (Å²) >= 11 is 5.99. The highest BCUT2D eigenvalue weighted by molar-refractivity contribution is 6.30. The molecule has 0 bridgehead atoms. The molecule has 1 fully saturated rings. The molecule has 2 heterocycles. The number of anilines is 1. The van der Waals surface area contributed by atoms with Crippen LogP contribution in [0.25, 0.3) is 0 Å². The van der Waals surface area contributed by atoms with E-state index in [1.807, 2.05) is 24.3 Å². The first-order valence-electron chi connectivity index (χ1n) is 10.8. The Hall–Kier alpha value is -3.13. The fourth-order valence-corrected chi connectivity index (χ4v) is 4.51. The molecule has 1 aromatic heterocycles. The van der Waals surface area contributed by atoms with Crippen molar-refractivity contribution < 1.29 is 19.1 Å². The van der Waals surface area contributed by atoms with Crippen molar-refractivity contribution in [3.63, 3.8) is 0 Å². The molecule has 3 rings (SSSR count). The zero-order valence-electron chi connectivity index (χ0n) is 19.3. The average molecular weight is 473 g/mol. The van der Waals surface area contributed by atoms with Gasteiger partial charge in [0.2, 0.25) is 5.91 Å². The van der Waals surface area contributed by atoms with Gasteiger partial charge in [-0.05, 0) is 36.0 Å². The molecular weight excluding hydrogens is 444 g/mol. The van der Waals surface area contributed by atoms with E-state index in [-0.39, 0.29) is 34.1 Å². The van der Waals surface area contributed by atoms with E-state index >= 15 is 0 Å². The summed E-state index contributed by atoms with van der Waals surface area (Å²) in [6, 6.07) is 9.30. The van der Waals surface area contributed by atoms with Crippen LogP contribution in [0.4, 0.5) is 10.5 Å². The number of pyridine rings is 1. The standard InChI is InChI=1S/C24H29ClN4O4/c1-15(2)16-7-5-6-8-18(16)24(9-11-29(12-10-24)23(32)33-4)22(31)28-19-14-27-20(25)13-17(19)21(30)26-3/h5-8,13-15H,9-12H2,1-4H3,(H,26,30)(H,28,31). The van der Waals surface area contributed by atoms with E-state index < -0.39 is 11.5 Å². The molecule has 33 heavy (non-hydrogen) atoms. The molecule has 0 unspecified atom stereocenters. The lowest BCUT2D eigenvalue weighted by Gasteiger charge is -2.41. The molecule has 1 saturated heterocycles. The van der Waals surface area contributed by atoms with Crippen molar-refractivity contribution >= 4 is 35.2 Å².